The van der Waals surface area contributed by atoms with Crippen LogP contribution in [0, 0.1) is 0 Å². The first kappa shape index (κ1) is 19.7. The topological polar surface area (TPSA) is 62.8 Å². The van der Waals surface area contributed by atoms with Gasteiger partial charge in [0.2, 0.25) is 5.91 Å². The number of morpholine rings is 1. The first-order chi connectivity index (χ1) is 10.7. The average molecular weight is 344 g/mol. The molecule has 1 fully saturated rings. The number of rotatable bonds is 7. The molecule has 2 N–H and O–H groups in total. The quantitative estimate of drug-likeness (QED) is 0.767. The fourth-order valence-electron chi connectivity index (χ4n) is 2.61. The van der Waals surface area contributed by atoms with Gasteiger partial charge in [0.05, 0.1) is 32.9 Å². The minimum absolute atomic E-state index is 0. The summed E-state index contributed by atoms with van der Waals surface area (Å²) < 4.78 is 10.6. The summed E-state index contributed by atoms with van der Waals surface area (Å²) in [7, 11) is 3.43. The summed E-state index contributed by atoms with van der Waals surface area (Å²) in [6.07, 6.45) is 0. The highest BCUT2D eigenvalue weighted by Crippen LogP contribution is 2.23. The number of amides is 1. The molecule has 1 atom stereocenters. The molecule has 2 rings (SSSR count). The van der Waals surface area contributed by atoms with Crippen molar-refractivity contribution in [2.24, 2.45) is 0 Å². The molecule has 1 unspecified atom stereocenters. The van der Waals surface area contributed by atoms with E-state index in [2.05, 4.69) is 27.7 Å². The van der Waals surface area contributed by atoms with Crippen molar-refractivity contribution in [2.75, 3.05) is 53.6 Å². The molecule has 7 heteroatoms. The third-order valence-electron chi connectivity index (χ3n) is 3.82. The summed E-state index contributed by atoms with van der Waals surface area (Å²) in [5.74, 6) is 0.845. The van der Waals surface area contributed by atoms with Gasteiger partial charge in [-0.05, 0) is 24.7 Å². The van der Waals surface area contributed by atoms with E-state index in [1.807, 2.05) is 12.1 Å². The molecular formula is C16H26ClN3O3. The van der Waals surface area contributed by atoms with Crippen LogP contribution >= 0.6 is 12.4 Å². The standard InChI is InChI=1S/C16H25N3O3.ClH/c1-17-12-16(20)18-11-15(19-7-9-22-10-8-19)13-3-5-14(21-2)6-4-13;/h3-6,15,17H,7-12H2,1-2H3,(H,18,20);1H. The van der Waals surface area contributed by atoms with E-state index >= 15 is 0 Å². The number of nitrogens with zero attached hydrogens (tertiary/aromatic N) is 1. The number of benzene rings is 1. The lowest BCUT2D eigenvalue weighted by Crippen LogP contribution is -2.44. The number of halogens is 1. The summed E-state index contributed by atoms with van der Waals surface area (Å²) in [6.45, 7) is 4.14. The molecule has 0 saturated carbocycles. The summed E-state index contributed by atoms with van der Waals surface area (Å²) in [4.78, 5) is 14.1. The lowest BCUT2D eigenvalue weighted by Gasteiger charge is -2.35. The van der Waals surface area contributed by atoms with Crippen LogP contribution in [0.5, 0.6) is 5.75 Å². The molecule has 1 aliphatic rings. The number of hydrogen-bond donors (Lipinski definition) is 2. The van der Waals surface area contributed by atoms with Gasteiger partial charge in [-0.3, -0.25) is 9.69 Å². The molecule has 130 valence electrons. The lowest BCUT2D eigenvalue weighted by molar-refractivity contribution is -0.120. The zero-order chi connectivity index (χ0) is 15.8. The number of methoxy groups -OCH3 is 1. The van der Waals surface area contributed by atoms with Crippen molar-refractivity contribution in [2.45, 2.75) is 6.04 Å². The maximum absolute atomic E-state index is 11.7. The molecule has 0 bridgehead atoms. The van der Waals surface area contributed by atoms with Gasteiger partial charge in [0.1, 0.15) is 5.75 Å². The Morgan fingerprint density at radius 3 is 2.52 bits per heavy atom. The number of ether oxygens (including phenoxy) is 2. The van der Waals surface area contributed by atoms with Crippen LogP contribution in [0.4, 0.5) is 0 Å². The fourth-order valence-corrected chi connectivity index (χ4v) is 2.61. The molecule has 1 aromatic rings. The Morgan fingerprint density at radius 1 is 1.30 bits per heavy atom. The van der Waals surface area contributed by atoms with Crippen LogP contribution in [0.1, 0.15) is 11.6 Å². The van der Waals surface area contributed by atoms with E-state index in [9.17, 15) is 4.79 Å². The number of hydrogen-bond acceptors (Lipinski definition) is 5. The van der Waals surface area contributed by atoms with E-state index < -0.39 is 0 Å². The van der Waals surface area contributed by atoms with Crippen LogP contribution < -0.4 is 15.4 Å². The molecule has 0 radical (unpaired) electrons. The smallest absolute Gasteiger partial charge is 0.234 e. The molecule has 1 aliphatic heterocycles. The number of likely N-dealkylation sites (N-methyl/N-ethyl adjacent to an activating group) is 1. The summed E-state index contributed by atoms with van der Waals surface area (Å²) >= 11 is 0. The van der Waals surface area contributed by atoms with E-state index in [1.165, 1.54) is 5.56 Å². The molecule has 1 saturated heterocycles. The van der Waals surface area contributed by atoms with Crippen molar-refractivity contribution in [1.29, 1.82) is 0 Å². The van der Waals surface area contributed by atoms with Crippen LogP contribution in [0.25, 0.3) is 0 Å². The minimum Gasteiger partial charge on any atom is -0.497 e. The third-order valence-corrected chi connectivity index (χ3v) is 3.82. The molecule has 1 amide bonds. The fraction of sp³-hybridized carbons (Fsp3) is 0.562. The van der Waals surface area contributed by atoms with Crippen molar-refractivity contribution in [3.63, 3.8) is 0 Å². The monoisotopic (exact) mass is 343 g/mol. The van der Waals surface area contributed by atoms with Crippen molar-refractivity contribution in [1.82, 2.24) is 15.5 Å². The van der Waals surface area contributed by atoms with Gasteiger partial charge < -0.3 is 20.1 Å². The van der Waals surface area contributed by atoms with Crippen molar-refractivity contribution in [3.8, 4) is 5.75 Å². The molecule has 0 spiro atoms. The molecular weight excluding hydrogens is 318 g/mol. The number of nitrogens with one attached hydrogen (secondary N) is 2. The summed E-state index contributed by atoms with van der Waals surface area (Å²) in [6, 6.07) is 8.18. The first-order valence-corrected chi connectivity index (χ1v) is 7.61. The third kappa shape index (κ3) is 5.99. The largest absolute Gasteiger partial charge is 0.497 e. The molecule has 6 nitrogen and oxygen atoms in total. The second-order valence-corrected chi connectivity index (χ2v) is 5.27. The second kappa shape index (κ2) is 10.4. The Morgan fingerprint density at radius 2 is 1.96 bits per heavy atom. The van der Waals surface area contributed by atoms with Gasteiger partial charge in [-0.15, -0.1) is 12.4 Å². The van der Waals surface area contributed by atoms with Crippen LogP contribution in [-0.2, 0) is 9.53 Å². The van der Waals surface area contributed by atoms with Gasteiger partial charge in [-0.25, -0.2) is 0 Å². The van der Waals surface area contributed by atoms with Gasteiger partial charge >= 0.3 is 0 Å². The number of carbonyl (C=O) groups is 1. The van der Waals surface area contributed by atoms with E-state index in [4.69, 9.17) is 9.47 Å². The Balaban J connectivity index is 0.00000264. The van der Waals surface area contributed by atoms with Crippen molar-refractivity contribution >= 4 is 18.3 Å². The zero-order valence-corrected chi connectivity index (χ0v) is 14.5. The Bertz CT molecular complexity index is 464. The minimum atomic E-state index is 0. The Kier molecular flexibility index (Phi) is 8.94. The Labute approximate surface area is 143 Å². The highest BCUT2D eigenvalue weighted by atomic mass is 35.5. The van der Waals surface area contributed by atoms with Crippen molar-refractivity contribution in [3.05, 3.63) is 29.8 Å². The van der Waals surface area contributed by atoms with E-state index in [0.29, 0.717) is 13.1 Å². The second-order valence-electron chi connectivity index (χ2n) is 5.27. The van der Waals surface area contributed by atoms with Crippen LogP contribution in [0.3, 0.4) is 0 Å². The lowest BCUT2D eigenvalue weighted by atomic mass is 10.0. The maximum atomic E-state index is 11.7. The van der Waals surface area contributed by atoms with Crippen LogP contribution in [0.2, 0.25) is 0 Å². The summed E-state index contributed by atoms with van der Waals surface area (Å²) in [5, 5.41) is 5.86. The highest BCUT2D eigenvalue weighted by Gasteiger charge is 2.23. The SMILES string of the molecule is CNCC(=O)NCC(c1ccc(OC)cc1)N1CCOCC1.Cl. The molecule has 0 aromatic heterocycles. The molecule has 23 heavy (non-hydrogen) atoms. The predicted molar refractivity (Wildman–Crippen MR) is 92.3 cm³/mol. The number of carbonyl (C=O) groups excluding carboxylic acids is 1. The van der Waals surface area contributed by atoms with E-state index in [1.54, 1.807) is 14.2 Å². The van der Waals surface area contributed by atoms with Gasteiger partial charge in [-0.1, -0.05) is 12.1 Å². The van der Waals surface area contributed by atoms with Crippen molar-refractivity contribution < 1.29 is 14.3 Å². The van der Waals surface area contributed by atoms with Gasteiger partial charge in [0, 0.05) is 19.6 Å². The van der Waals surface area contributed by atoms with Crippen LogP contribution in [-0.4, -0.2) is 64.4 Å². The molecule has 1 aromatic carbocycles. The first-order valence-electron chi connectivity index (χ1n) is 7.61. The predicted octanol–water partition coefficient (Wildman–Crippen LogP) is 0.826. The zero-order valence-electron chi connectivity index (χ0n) is 13.7. The molecule has 1 heterocycles. The maximum Gasteiger partial charge on any atom is 0.234 e. The van der Waals surface area contributed by atoms with Gasteiger partial charge in [0.15, 0.2) is 0 Å². The van der Waals surface area contributed by atoms with Crippen LogP contribution in [0.15, 0.2) is 24.3 Å². The molecule has 0 aliphatic carbocycles. The normalized spacial score (nSPS) is 16.3. The van der Waals surface area contributed by atoms with E-state index in [-0.39, 0.29) is 24.4 Å². The summed E-state index contributed by atoms with van der Waals surface area (Å²) in [5.41, 5.74) is 1.17. The van der Waals surface area contributed by atoms with Gasteiger partial charge in [0.25, 0.3) is 0 Å². The average Bonchev–Trinajstić information content (AvgIpc) is 2.57. The highest BCUT2D eigenvalue weighted by molar-refractivity contribution is 5.85. The van der Waals surface area contributed by atoms with E-state index in [0.717, 1.165) is 32.1 Å². The Hall–Kier alpha value is -1.34. The van der Waals surface area contributed by atoms with Gasteiger partial charge in [-0.2, -0.15) is 0 Å².